The fourth-order valence-corrected chi connectivity index (χ4v) is 3.09. The first kappa shape index (κ1) is 14.3. The van der Waals surface area contributed by atoms with Gasteiger partial charge in [-0.3, -0.25) is 4.90 Å². The van der Waals surface area contributed by atoms with Crippen molar-refractivity contribution in [2.75, 3.05) is 45.9 Å². The highest BCUT2D eigenvalue weighted by Crippen LogP contribution is 2.36. The Bertz CT molecular complexity index is 236. The topological polar surface area (TPSA) is 44.7 Å². The van der Waals surface area contributed by atoms with Gasteiger partial charge < -0.3 is 15.2 Å². The quantitative estimate of drug-likeness (QED) is 0.739. The van der Waals surface area contributed by atoms with Gasteiger partial charge in [-0.05, 0) is 18.3 Å². The van der Waals surface area contributed by atoms with Gasteiger partial charge in [0.25, 0.3) is 0 Å². The third kappa shape index (κ3) is 4.50. The molecule has 18 heavy (non-hydrogen) atoms. The Balaban J connectivity index is 1.57. The van der Waals surface area contributed by atoms with E-state index < -0.39 is 0 Å². The van der Waals surface area contributed by atoms with Crippen molar-refractivity contribution >= 4 is 0 Å². The van der Waals surface area contributed by atoms with Crippen molar-refractivity contribution in [3.63, 3.8) is 0 Å². The summed E-state index contributed by atoms with van der Waals surface area (Å²) in [5, 5.41) is 13.5. The Hall–Kier alpha value is -0.160. The lowest BCUT2D eigenvalue weighted by Crippen LogP contribution is -2.44. The smallest absolute Gasteiger partial charge is 0.0791 e. The van der Waals surface area contributed by atoms with Crippen molar-refractivity contribution in [2.45, 2.75) is 38.7 Å². The number of aliphatic hydroxyl groups excluding tert-OH is 1. The predicted octanol–water partition coefficient (Wildman–Crippen LogP) is 0.849. The average molecular weight is 256 g/mol. The van der Waals surface area contributed by atoms with Crippen LogP contribution in [0.2, 0.25) is 0 Å². The van der Waals surface area contributed by atoms with Gasteiger partial charge in [0.1, 0.15) is 0 Å². The van der Waals surface area contributed by atoms with Gasteiger partial charge in [-0.2, -0.15) is 0 Å². The number of morpholine rings is 1. The largest absolute Gasteiger partial charge is 0.390 e. The van der Waals surface area contributed by atoms with E-state index in [9.17, 15) is 5.11 Å². The SMILES string of the molecule is CC1(CNCC(O)CN2CCOCC2)CCCC1. The molecule has 0 radical (unpaired) electrons. The first-order valence-corrected chi connectivity index (χ1v) is 7.37. The maximum absolute atomic E-state index is 10.0. The van der Waals surface area contributed by atoms with Crippen molar-refractivity contribution in [1.82, 2.24) is 10.2 Å². The third-order valence-corrected chi connectivity index (χ3v) is 4.32. The Morgan fingerprint density at radius 1 is 1.28 bits per heavy atom. The first-order chi connectivity index (χ1) is 8.68. The zero-order chi connectivity index (χ0) is 12.8. The van der Waals surface area contributed by atoms with Crippen LogP contribution < -0.4 is 5.32 Å². The molecule has 1 aliphatic heterocycles. The highest BCUT2D eigenvalue weighted by molar-refractivity contribution is 4.82. The minimum atomic E-state index is -0.256. The van der Waals surface area contributed by atoms with Crippen molar-refractivity contribution in [3.05, 3.63) is 0 Å². The fourth-order valence-electron chi connectivity index (χ4n) is 3.09. The minimum Gasteiger partial charge on any atom is -0.390 e. The molecule has 2 fully saturated rings. The van der Waals surface area contributed by atoms with Gasteiger partial charge in [-0.15, -0.1) is 0 Å². The molecule has 1 heterocycles. The molecule has 106 valence electrons. The molecule has 0 aromatic heterocycles. The van der Waals surface area contributed by atoms with E-state index in [0.29, 0.717) is 12.0 Å². The number of hydrogen-bond donors (Lipinski definition) is 2. The molecule has 4 heteroatoms. The second-order valence-electron chi connectivity index (χ2n) is 6.22. The van der Waals surface area contributed by atoms with Crippen LogP contribution in [0.4, 0.5) is 0 Å². The van der Waals surface area contributed by atoms with Gasteiger partial charge in [-0.1, -0.05) is 19.8 Å². The van der Waals surface area contributed by atoms with Crippen molar-refractivity contribution in [3.8, 4) is 0 Å². The van der Waals surface area contributed by atoms with Crippen molar-refractivity contribution < 1.29 is 9.84 Å². The van der Waals surface area contributed by atoms with Crippen LogP contribution in [0.5, 0.6) is 0 Å². The van der Waals surface area contributed by atoms with E-state index in [1.54, 1.807) is 0 Å². The van der Waals surface area contributed by atoms with E-state index >= 15 is 0 Å². The molecule has 0 spiro atoms. The van der Waals surface area contributed by atoms with Gasteiger partial charge >= 0.3 is 0 Å². The fraction of sp³-hybridized carbons (Fsp3) is 1.00. The number of nitrogens with one attached hydrogen (secondary N) is 1. The Labute approximate surface area is 111 Å². The van der Waals surface area contributed by atoms with Crippen LogP contribution in [-0.4, -0.2) is 62.0 Å². The van der Waals surface area contributed by atoms with Crippen LogP contribution in [-0.2, 0) is 4.74 Å². The maximum Gasteiger partial charge on any atom is 0.0791 e. The van der Waals surface area contributed by atoms with Crippen LogP contribution >= 0.6 is 0 Å². The molecule has 0 amide bonds. The highest BCUT2D eigenvalue weighted by Gasteiger charge is 2.28. The van der Waals surface area contributed by atoms with Gasteiger partial charge in [-0.25, -0.2) is 0 Å². The monoisotopic (exact) mass is 256 g/mol. The molecule has 0 aromatic carbocycles. The second kappa shape index (κ2) is 6.85. The Morgan fingerprint density at radius 3 is 2.61 bits per heavy atom. The number of hydrogen-bond acceptors (Lipinski definition) is 4. The molecule has 1 aliphatic carbocycles. The summed E-state index contributed by atoms with van der Waals surface area (Å²) in [4.78, 5) is 2.28. The molecular weight excluding hydrogens is 228 g/mol. The third-order valence-electron chi connectivity index (χ3n) is 4.32. The summed E-state index contributed by atoms with van der Waals surface area (Å²) in [6.07, 6.45) is 5.15. The molecule has 2 N–H and O–H groups in total. The summed E-state index contributed by atoms with van der Waals surface area (Å²) in [6.45, 7) is 8.41. The number of aliphatic hydroxyl groups is 1. The molecule has 0 aromatic rings. The first-order valence-electron chi connectivity index (χ1n) is 7.37. The van der Waals surface area contributed by atoms with Crippen molar-refractivity contribution in [2.24, 2.45) is 5.41 Å². The molecule has 1 atom stereocenters. The Kier molecular flexibility index (Phi) is 5.42. The summed E-state index contributed by atoms with van der Waals surface area (Å²) >= 11 is 0. The molecule has 2 rings (SSSR count). The zero-order valence-corrected chi connectivity index (χ0v) is 11.7. The summed E-state index contributed by atoms with van der Waals surface area (Å²) in [5.41, 5.74) is 0.471. The van der Waals surface area contributed by atoms with Gasteiger partial charge in [0.2, 0.25) is 0 Å². The molecule has 1 unspecified atom stereocenters. The maximum atomic E-state index is 10.0. The van der Waals surface area contributed by atoms with E-state index in [4.69, 9.17) is 4.74 Å². The Morgan fingerprint density at radius 2 is 1.94 bits per heavy atom. The van der Waals surface area contributed by atoms with Crippen LogP contribution in [0.1, 0.15) is 32.6 Å². The number of ether oxygens (including phenoxy) is 1. The van der Waals surface area contributed by atoms with Gasteiger partial charge in [0.15, 0.2) is 0 Å². The number of rotatable bonds is 6. The van der Waals surface area contributed by atoms with Gasteiger partial charge in [0.05, 0.1) is 19.3 Å². The van der Waals surface area contributed by atoms with E-state index in [0.717, 1.165) is 39.4 Å². The standard InChI is InChI=1S/C14H28N2O2/c1-14(4-2-3-5-14)12-15-10-13(17)11-16-6-8-18-9-7-16/h13,15,17H,2-12H2,1H3. The second-order valence-corrected chi connectivity index (χ2v) is 6.22. The van der Waals surface area contributed by atoms with E-state index in [1.807, 2.05) is 0 Å². The zero-order valence-electron chi connectivity index (χ0n) is 11.7. The highest BCUT2D eigenvalue weighted by atomic mass is 16.5. The molecule has 0 bridgehead atoms. The summed E-state index contributed by atoms with van der Waals surface area (Å²) in [5.74, 6) is 0. The van der Waals surface area contributed by atoms with Crippen LogP contribution in [0.25, 0.3) is 0 Å². The normalized spacial score (nSPS) is 26.3. The lowest BCUT2D eigenvalue weighted by Gasteiger charge is -2.29. The summed E-state index contributed by atoms with van der Waals surface area (Å²) in [7, 11) is 0. The average Bonchev–Trinajstić information content (AvgIpc) is 2.77. The van der Waals surface area contributed by atoms with Crippen molar-refractivity contribution in [1.29, 1.82) is 0 Å². The lowest BCUT2D eigenvalue weighted by atomic mass is 9.89. The number of β-amino-alcohol motifs (C(OH)–C–C–N with tert-alkyl or cyclic N) is 1. The lowest BCUT2D eigenvalue weighted by molar-refractivity contribution is 0.0146. The summed E-state index contributed by atoms with van der Waals surface area (Å²) in [6, 6.07) is 0. The van der Waals surface area contributed by atoms with Crippen LogP contribution in [0.15, 0.2) is 0 Å². The predicted molar refractivity (Wildman–Crippen MR) is 72.7 cm³/mol. The number of nitrogens with zero attached hydrogens (tertiary/aromatic N) is 1. The van der Waals surface area contributed by atoms with Crippen LogP contribution in [0.3, 0.4) is 0 Å². The van der Waals surface area contributed by atoms with E-state index in [2.05, 4.69) is 17.1 Å². The minimum absolute atomic E-state index is 0.256. The molecular formula is C14H28N2O2. The molecule has 1 saturated carbocycles. The molecule has 4 nitrogen and oxygen atoms in total. The van der Waals surface area contributed by atoms with E-state index in [-0.39, 0.29) is 6.10 Å². The molecule has 2 aliphatic rings. The van der Waals surface area contributed by atoms with Gasteiger partial charge in [0, 0.05) is 32.7 Å². The van der Waals surface area contributed by atoms with Crippen LogP contribution in [0, 0.1) is 5.41 Å². The summed E-state index contributed by atoms with van der Waals surface area (Å²) < 4.78 is 5.30. The van der Waals surface area contributed by atoms with E-state index in [1.165, 1.54) is 25.7 Å². The molecule has 1 saturated heterocycles.